The number of nitrogens with one attached hydrogen (secondary N) is 1. The first-order valence-electron chi connectivity index (χ1n) is 8.85. The van der Waals surface area contributed by atoms with E-state index in [0.29, 0.717) is 6.54 Å². The number of hydrogen-bond donors (Lipinski definition) is 2. The zero-order valence-corrected chi connectivity index (χ0v) is 15.1. The molecule has 136 valence electrons. The third kappa shape index (κ3) is 3.16. The monoisotopic (exact) mass is 371 g/mol. The highest BCUT2D eigenvalue weighted by molar-refractivity contribution is 6.21. The third-order valence-corrected chi connectivity index (χ3v) is 5.52. The van der Waals surface area contributed by atoms with E-state index < -0.39 is 5.62 Å². The van der Waals surface area contributed by atoms with Crippen molar-refractivity contribution in [2.45, 2.75) is 37.2 Å². The van der Waals surface area contributed by atoms with Gasteiger partial charge in [-0.05, 0) is 24.5 Å². The summed E-state index contributed by atoms with van der Waals surface area (Å²) in [5.41, 5.74) is 8.43. The van der Waals surface area contributed by atoms with Gasteiger partial charge in [0.2, 0.25) is 5.91 Å². The van der Waals surface area contributed by atoms with Crippen molar-refractivity contribution in [1.29, 1.82) is 0 Å². The summed E-state index contributed by atoms with van der Waals surface area (Å²) in [6.45, 7) is 1.49. The highest BCUT2D eigenvalue weighted by atomic mass is 35.5. The minimum absolute atomic E-state index is 0.150. The van der Waals surface area contributed by atoms with Crippen molar-refractivity contribution in [2.75, 3.05) is 11.4 Å². The Balaban J connectivity index is 1.67. The maximum atomic E-state index is 11.9. The number of halogens is 1. The Bertz CT molecular complexity index is 787. The number of fused-ring (bicyclic) bond motifs is 1. The number of pyridine rings is 1. The van der Waals surface area contributed by atoms with Crippen molar-refractivity contribution in [3.8, 4) is 0 Å². The number of aromatic nitrogens is 1. The van der Waals surface area contributed by atoms with E-state index in [2.05, 4.69) is 32.2 Å². The molecule has 0 aliphatic carbocycles. The number of nitrogens with zero attached hydrogens (tertiary/aromatic N) is 3. The van der Waals surface area contributed by atoms with Crippen molar-refractivity contribution in [1.82, 2.24) is 15.2 Å². The van der Waals surface area contributed by atoms with Gasteiger partial charge in [0.25, 0.3) is 0 Å². The summed E-state index contributed by atoms with van der Waals surface area (Å²) in [7, 11) is 0. The standard InChI is InChI=1S/C19H22ClN5O/c20-19-23-18(24-10-4-7-15(24)17(21)26)14-8-9-22-11-16(14)25(19)12-13-5-2-1-3-6-13/h1-3,5-6,8-9,11,15,18-19,23H,4,7,10,12H2,(H2,21,26)/t15?,18-,19-/m0/s1. The average molecular weight is 372 g/mol. The highest BCUT2D eigenvalue weighted by Gasteiger charge is 2.40. The molecule has 3 atom stereocenters. The first kappa shape index (κ1) is 17.3. The number of hydrogen-bond acceptors (Lipinski definition) is 5. The molecule has 0 spiro atoms. The van der Waals surface area contributed by atoms with Gasteiger partial charge in [-0.1, -0.05) is 41.9 Å². The van der Waals surface area contributed by atoms with Gasteiger partial charge in [0, 0.05) is 24.8 Å². The summed E-state index contributed by atoms with van der Waals surface area (Å²) < 4.78 is 0. The highest BCUT2D eigenvalue weighted by Crippen LogP contribution is 2.38. The number of nitrogens with two attached hydrogens (primary N) is 1. The van der Waals surface area contributed by atoms with Crippen LogP contribution < -0.4 is 16.0 Å². The predicted molar refractivity (Wildman–Crippen MR) is 101 cm³/mol. The van der Waals surface area contributed by atoms with Gasteiger partial charge in [-0.3, -0.25) is 20.0 Å². The Hall–Kier alpha value is -2.15. The molecule has 26 heavy (non-hydrogen) atoms. The van der Waals surface area contributed by atoms with Crippen LogP contribution in [-0.4, -0.2) is 34.0 Å². The van der Waals surface area contributed by atoms with Crippen LogP contribution in [0.25, 0.3) is 0 Å². The Labute approximate surface area is 157 Å². The molecule has 2 aliphatic rings. The quantitative estimate of drug-likeness (QED) is 0.636. The minimum atomic E-state index is -0.411. The number of alkyl halides is 1. The largest absolute Gasteiger partial charge is 0.368 e. The lowest BCUT2D eigenvalue weighted by atomic mass is 10.1. The number of rotatable bonds is 4. The van der Waals surface area contributed by atoms with Crippen LogP contribution in [0.15, 0.2) is 48.8 Å². The van der Waals surface area contributed by atoms with E-state index in [1.165, 1.54) is 5.56 Å². The number of amides is 1. The Morgan fingerprint density at radius 1 is 1.31 bits per heavy atom. The summed E-state index contributed by atoms with van der Waals surface area (Å²) >= 11 is 6.70. The van der Waals surface area contributed by atoms with Crippen LogP contribution in [0.1, 0.15) is 30.1 Å². The molecule has 7 heteroatoms. The normalized spacial score (nSPS) is 25.9. The fraction of sp³-hybridized carbons (Fsp3) is 0.368. The molecule has 1 amide bonds. The molecule has 1 aromatic carbocycles. The van der Waals surface area contributed by atoms with Crippen LogP contribution in [0.3, 0.4) is 0 Å². The number of carbonyl (C=O) groups excluding carboxylic acids is 1. The molecule has 4 rings (SSSR count). The molecule has 1 saturated heterocycles. The summed E-state index contributed by atoms with van der Waals surface area (Å²) in [5, 5.41) is 3.45. The number of primary amides is 1. The molecule has 2 aromatic rings. The molecule has 0 radical (unpaired) electrons. The maximum absolute atomic E-state index is 11.9. The summed E-state index contributed by atoms with van der Waals surface area (Å²) in [6, 6.07) is 11.9. The summed E-state index contributed by atoms with van der Waals surface area (Å²) in [6.07, 6.45) is 5.21. The SMILES string of the molecule is NC(=O)C1CCCN1[C@@H]1N[C@H](Cl)N(Cc2ccccc2)c2cnccc21. The number of carbonyl (C=O) groups is 1. The lowest BCUT2D eigenvalue weighted by molar-refractivity contribution is -0.123. The van der Waals surface area contributed by atoms with Crippen molar-refractivity contribution >= 4 is 23.2 Å². The second-order valence-electron chi connectivity index (χ2n) is 6.75. The van der Waals surface area contributed by atoms with Crippen molar-refractivity contribution in [2.24, 2.45) is 5.73 Å². The molecule has 1 fully saturated rings. The topological polar surface area (TPSA) is 74.5 Å². The van der Waals surface area contributed by atoms with E-state index in [9.17, 15) is 4.79 Å². The summed E-state index contributed by atoms with van der Waals surface area (Å²) in [4.78, 5) is 20.4. The zero-order chi connectivity index (χ0) is 18.1. The van der Waals surface area contributed by atoms with Crippen molar-refractivity contribution in [3.05, 3.63) is 59.9 Å². The van der Waals surface area contributed by atoms with E-state index in [1.54, 1.807) is 6.20 Å². The minimum Gasteiger partial charge on any atom is -0.368 e. The van der Waals surface area contributed by atoms with Crippen molar-refractivity contribution in [3.63, 3.8) is 0 Å². The second kappa shape index (κ2) is 7.23. The Morgan fingerprint density at radius 2 is 2.12 bits per heavy atom. The Kier molecular flexibility index (Phi) is 4.80. The fourth-order valence-corrected chi connectivity index (χ4v) is 4.22. The summed E-state index contributed by atoms with van der Waals surface area (Å²) in [5.74, 6) is -0.280. The first-order valence-corrected chi connectivity index (χ1v) is 9.28. The van der Waals surface area contributed by atoms with Crippen LogP contribution in [0.5, 0.6) is 0 Å². The van der Waals surface area contributed by atoms with Gasteiger partial charge in [-0.2, -0.15) is 0 Å². The molecular weight excluding hydrogens is 350 g/mol. The second-order valence-corrected chi connectivity index (χ2v) is 7.16. The molecule has 3 N–H and O–H groups in total. The van der Waals surface area contributed by atoms with Crippen LogP contribution >= 0.6 is 11.6 Å². The molecule has 0 bridgehead atoms. The van der Waals surface area contributed by atoms with E-state index in [4.69, 9.17) is 17.3 Å². The molecule has 0 saturated carbocycles. The molecule has 1 unspecified atom stereocenters. The average Bonchev–Trinajstić information content (AvgIpc) is 3.14. The lowest BCUT2D eigenvalue weighted by Gasteiger charge is -2.44. The maximum Gasteiger partial charge on any atom is 0.234 e. The van der Waals surface area contributed by atoms with Gasteiger partial charge in [0.05, 0.1) is 24.1 Å². The third-order valence-electron chi connectivity index (χ3n) is 5.16. The van der Waals surface area contributed by atoms with Gasteiger partial charge in [-0.15, -0.1) is 0 Å². The van der Waals surface area contributed by atoms with E-state index >= 15 is 0 Å². The molecule has 3 heterocycles. The molecule has 6 nitrogen and oxygen atoms in total. The molecular formula is C19H22ClN5O. The van der Waals surface area contributed by atoms with E-state index in [0.717, 1.165) is 30.6 Å². The van der Waals surface area contributed by atoms with E-state index in [-0.39, 0.29) is 18.1 Å². The molecule has 2 aliphatic heterocycles. The molecule has 1 aromatic heterocycles. The first-order chi connectivity index (χ1) is 12.6. The van der Waals surface area contributed by atoms with Gasteiger partial charge >= 0.3 is 0 Å². The smallest absolute Gasteiger partial charge is 0.234 e. The zero-order valence-electron chi connectivity index (χ0n) is 14.4. The Morgan fingerprint density at radius 3 is 2.88 bits per heavy atom. The van der Waals surface area contributed by atoms with Crippen LogP contribution in [0.2, 0.25) is 0 Å². The number of anilines is 1. The predicted octanol–water partition coefficient (Wildman–Crippen LogP) is 2.16. The van der Waals surface area contributed by atoms with Crippen molar-refractivity contribution < 1.29 is 4.79 Å². The van der Waals surface area contributed by atoms with Gasteiger partial charge in [-0.25, -0.2) is 0 Å². The number of likely N-dealkylation sites (tertiary alicyclic amines) is 1. The van der Waals surface area contributed by atoms with E-state index in [1.807, 2.05) is 30.5 Å². The lowest BCUT2D eigenvalue weighted by Crippen LogP contribution is -2.55. The van der Waals surface area contributed by atoms with Crippen LogP contribution in [0, 0.1) is 0 Å². The van der Waals surface area contributed by atoms with Gasteiger partial charge < -0.3 is 10.6 Å². The van der Waals surface area contributed by atoms with Gasteiger partial charge in [0.15, 0.2) is 5.62 Å². The van der Waals surface area contributed by atoms with Crippen LogP contribution in [-0.2, 0) is 11.3 Å². The van der Waals surface area contributed by atoms with Gasteiger partial charge in [0.1, 0.15) is 0 Å². The van der Waals surface area contributed by atoms with Crippen LogP contribution in [0.4, 0.5) is 5.69 Å². The number of benzene rings is 1. The fourth-order valence-electron chi connectivity index (χ4n) is 3.92.